The molecule has 35 heavy (non-hydrogen) atoms. The van der Waals surface area contributed by atoms with Gasteiger partial charge in [-0.25, -0.2) is 4.79 Å². The molecule has 0 unspecified atom stereocenters. The number of benzene rings is 2. The maximum Gasteiger partial charge on any atom is 0.379 e. The maximum absolute atomic E-state index is 12.5. The van der Waals surface area contributed by atoms with Gasteiger partial charge in [-0.2, -0.15) is 0 Å². The van der Waals surface area contributed by atoms with Crippen LogP contribution < -0.4 is 14.4 Å². The molecule has 2 heterocycles. The highest BCUT2D eigenvalue weighted by atomic mass is 16.5. The van der Waals surface area contributed by atoms with Crippen molar-refractivity contribution in [3.63, 3.8) is 0 Å². The molecule has 1 aromatic heterocycles. The molecule has 0 bridgehead atoms. The Hall–Kier alpha value is -4.40. The summed E-state index contributed by atoms with van der Waals surface area (Å²) < 4.78 is 20.7. The van der Waals surface area contributed by atoms with Crippen LogP contribution in [0.5, 0.6) is 11.5 Å². The summed E-state index contributed by atoms with van der Waals surface area (Å²) in [5.74, 6) is -1.55. The van der Waals surface area contributed by atoms with Crippen LogP contribution in [0.3, 0.4) is 0 Å². The van der Waals surface area contributed by atoms with E-state index in [2.05, 4.69) is 0 Å². The molecule has 1 aliphatic rings. The number of hydrogen-bond donors (Lipinski definition) is 0. The molecule has 1 atom stereocenters. The van der Waals surface area contributed by atoms with E-state index in [-0.39, 0.29) is 35.9 Å². The van der Waals surface area contributed by atoms with Gasteiger partial charge in [-0.3, -0.25) is 14.4 Å². The molecule has 1 saturated heterocycles. The smallest absolute Gasteiger partial charge is 0.379 e. The normalized spacial score (nSPS) is 15.1. The van der Waals surface area contributed by atoms with Gasteiger partial charge in [0.15, 0.2) is 12.4 Å². The number of ketones is 1. The van der Waals surface area contributed by atoms with Gasteiger partial charge in [0.1, 0.15) is 11.5 Å². The minimum atomic E-state index is -0.662. The van der Waals surface area contributed by atoms with Crippen LogP contribution >= 0.6 is 0 Å². The van der Waals surface area contributed by atoms with Crippen LogP contribution in [0.1, 0.15) is 34.3 Å². The molecular formula is C26H23NO8. The van der Waals surface area contributed by atoms with E-state index >= 15 is 0 Å². The molecule has 0 aliphatic carbocycles. The van der Waals surface area contributed by atoms with Gasteiger partial charge in [-0.05, 0) is 67.6 Å². The van der Waals surface area contributed by atoms with Crippen LogP contribution in [0.2, 0.25) is 0 Å². The predicted molar refractivity (Wildman–Crippen MR) is 123 cm³/mol. The number of furan rings is 1. The third kappa shape index (κ3) is 5.75. The molecule has 4 rings (SSSR count). The maximum atomic E-state index is 12.5. The SMILES string of the molecule is CCOc1ccc(N2C[C@H](C(=O)OCC(=O)c3ccc(OC(=O)c4ccco4)cc3)CC2=O)cc1. The van der Waals surface area contributed by atoms with Crippen molar-refractivity contribution in [2.75, 3.05) is 24.7 Å². The van der Waals surface area contributed by atoms with E-state index < -0.39 is 30.2 Å². The average Bonchev–Trinajstić information content (AvgIpc) is 3.54. The first kappa shape index (κ1) is 23.7. The van der Waals surface area contributed by atoms with Crippen molar-refractivity contribution in [3.8, 4) is 11.5 Å². The highest BCUT2D eigenvalue weighted by Crippen LogP contribution is 2.27. The van der Waals surface area contributed by atoms with E-state index in [4.69, 9.17) is 18.6 Å². The second-order valence-electron chi connectivity index (χ2n) is 7.75. The molecule has 9 heteroatoms. The van der Waals surface area contributed by atoms with Crippen molar-refractivity contribution in [1.29, 1.82) is 0 Å². The standard InChI is InChI=1S/C26H23NO8/c1-2-32-20-11-7-19(8-12-20)27-15-18(14-24(27)29)25(30)34-16-22(28)17-5-9-21(10-6-17)35-26(31)23-4-3-13-33-23/h3-13,18H,2,14-16H2,1H3/t18-/m1/s1. The molecule has 9 nitrogen and oxygen atoms in total. The second-order valence-corrected chi connectivity index (χ2v) is 7.75. The molecule has 2 aromatic carbocycles. The van der Waals surface area contributed by atoms with E-state index in [1.807, 2.05) is 6.92 Å². The Morgan fingerprint density at radius 3 is 2.37 bits per heavy atom. The van der Waals surface area contributed by atoms with Crippen molar-refractivity contribution in [2.45, 2.75) is 13.3 Å². The number of Topliss-reactive ketones (excluding diaryl/α,β-unsaturated/α-hetero) is 1. The zero-order valence-electron chi connectivity index (χ0n) is 19.0. The molecule has 0 N–H and O–H groups in total. The highest BCUT2D eigenvalue weighted by Gasteiger charge is 2.36. The zero-order valence-corrected chi connectivity index (χ0v) is 19.0. The van der Waals surface area contributed by atoms with Crippen molar-refractivity contribution in [1.82, 2.24) is 0 Å². The zero-order chi connectivity index (χ0) is 24.8. The van der Waals surface area contributed by atoms with Crippen LogP contribution in [0.4, 0.5) is 5.69 Å². The van der Waals surface area contributed by atoms with Gasteiger partial charge in [-0.15, -0.1) is 0 Å². The quantitative estimate of drug-likeness (QED) is 0.261. The predicted octanol–water partition coefficient (Wildman–Crippen LogP) is 3.68. The number of amides is 1. The van der Waals surface area contributed by atoms with Gasteiger partial charge >= 0.3 is 11.9 Å². The Labute approximate surface area is 201 Å². The Morgan fingerprint density at radius 2 is 1.71 bits per heavy atom. The van der Waals surface area contributed by atoms with Gasteiger partial charge in [-0.1, -0.05) is 0 Å². The number of carbonyl (C=O) groups is 4. The van der Waals surface area contributed by atoms with Crippen molar-refractivity contribution in [3.05, 3.63) is 78.3 Å². The summed E-state index contributed by atoms with van der Waals surface area (Å²) in [6.07, 6.45) is 1.37. The van der Waals surface area contributed by atoms with E-state index in [0.717, 1.165) is 0 Å². The number of ether oxygens (including phenoxy) is 3. The van der Waals surface area contributed by atoms with E-state index in [1.54, 1.807) is 30.3 Å². The van der Waals surface area contributed by atoms with Crippen molar-refractivity contribution < 1.29 is 37.8 Å². The Kier molecular flexibility index (Phi) is 7.25. The third-order valence-electron chi connectivity index (χ3n) is 5.37. The number of nitrogens with zero attached hydrogens (tertiary/aromatic N) is 1. The summed E-state index contributed by atoms with van der Waals surface area (Å²) in [6.45, 7) is 2.14. The fraction of sp³-hybridized carbons (Fsp3) is 0.231. The summed E-state index contributed by atoms with van der Waals surface area (Å²) >= 11 is 0. The Bertz CT molecular complexity index is 1200. The van der Waals surface area contributed by atoms with E-state index in [9.17, 15) is 19.2 Å². The summed E-state index contributed by atoms with van der Waals surface area (Å²) in [7, 11) is 0. The Balaban J connectivity index is 1.27. The van der Waals surface area contributed by atoms with Crippen molar-refractivity contribution >= 4 is 29.3 Å². The molecule has 1 fully saturated rings. The summed E-state index contributed by atoms with van der Waals surface area (Å²) in [4.78, 5) is 50.8. The number of hydrogen-bond acceptors (Lipinski definition) is 8. The first-order valence-electron chi connectivity index (χ1n) is 11.0. The lowest BCUT2D eigenvalue weighted by Crippen LogP contribution is -2.27. The number of carbonyl (C=O) groups excluding carboxylic acids is 4. The number of rotatable bonds is 9. The van der Waals surface area contributed by atoms with Gasteiger partial charge < -0.3 is 23.5 Å². The van der Waals surface area contributed by atoms with Gasteiger partial charge in [0.25, 0.3) is 0 Å². The van der Waals surface area contributed by atoms with Crippen LogP contribution in [0, 0.1) is 5.92 Å². The molecule has 180 valence electrons. The van der Waals surface area contributed by atoms with Gasteiger partial charge in [0, 0.05) is 24.2 Å². The molecular weight excluding hydrogens is 454 g/mol. The lowest BCUT2D eigenvalue weighted by atomic mass is 10.1. The number of anilines is 1. The molecule has 0 saturated carbocycles. The Morgan fingerprint density at radius 1 is 1.00 bits per heavy atom. The molecule has 0 radical (unpaired) electrons. The van der Waals surface area contributed by atoms with Crippen molar-refractivity contribution in [2.24, 2.45) is 5.92 Å². The van der Waals surface area contributed by atoms with Gasteiger partial charge in [0.2, 0.25) is 11.7 Å². The lowest BCUT2D eigenvalue weighted by Gasteiger charge is -2.17. The molecule has 1 amide bonds. The summed E-state index contributed by atoms with van der Waals surface area (Å²) in [5, 5.41) is 0. The first-order chi connectivity index (χ1) is 16.9. The first-order valence-corrected chi connectivity index (χ1v) is 11.0. The molecule has 3 aromatic rings. The van der Waals surface area contributed by atoms with Crippen LogP contribution in [0.15, 0.2) is 71.3 Å². The largest absolute Gasteiger partial charge is 0.494 e. The van der Waals surface area contributed by atoms with Gasteiger partial charge in [0.05, 0.1) is 18.8 Å². The van der Waals surface area contributed by atoms with Crippen LogP contribution in [0.25, 0.3) is 0 Å². The van der Waals surface area contributed by atoms with Crippen LogP contribution in [-0.4, -0.2) is 43.4 Å². The third-order valence-corrected chi connectivity index (χ3v) is 5.37. The molecule has 0 spiro atoms. The fourth-order valence-corrected chi connectivity index (χ4v) is 3.60. The summed E-state index contributed by atoms with van der Waals surface area (Å²) in [5.41, 5.74) is 0.951. The second kappa shape index (κ2) is 10.7. The molecule has 1 aliphatic heterocycles. The lowest BCUT2D eigenvalue weighted by molar-refractivity contribution is -0.147. The topological polar surface area (TPSA) is 112 Å². The summed E-state index contributed by atoms with van der Waals surface area (Å²) in [6, 6.07) is 15.9. The number of esters is 2. The fourth-order valence-electron chi connectivity index (χ4n) is 3.60. The van der Waals surface area contributed by atoms with Crippen LogP contribution in [-0.2, 0) is 14.3 Å². The minimum absolute atomic E-state index is 0.00989. The highest BCUT2D eigenvalue weighted by molar-refractivity contribution is 6.01. The minimum Gasteiger partial charge on any atom is -0.494 e. The monoisotopic (exact) mass is 477 g/mol. The van der Waals surface area contributed by atoms with E-state index in [1.165, 1.54) is 41.5 Å². The van der Waals surface area contributed by atoms with E-state index in [0.29, 0.717) is 18.0 Å². The average molecular weight is 477 g/mol.